The lowest BCUT2D eigenvalue weighted by Gasteiger charge is -2.34. The Morgan fingerprint density at radius 3 is 2.53 bits per heavy atom. The Bertz CT molecular complexity index is 1480. The molecule has 34 heavy (non-hydrogen) atoms. The smallest absolute Gasteiger partial charge is 0.243 e. The van der Waals surface area contributed by atoms with Gasteiger partial charge in [0.25, 0.3) is 0 Å². The number of nitrogens with zero attached hydrogens (tertiary/aromatic N) is 5. The van der Waals surface area contributed by atoms with Gasteiger partial charge in [-0.2, -0.15) is 4.31 Å². The van der Waals surface area contributed by atoms with Gasteiger partial charge in [0.15, 0.2) is 17.3 Å². The van der Waals surface area contributed by atoms with E-state index in [4.69, 9.17) is 9.47 Å². The molecular formula is C23H21N5O4S2. The fraction of sp³-hybridized carbons (Fsp3) is 0.261. The van der Waals surface area contributed by atoms with Crippen molar-refractivity contribution >= 4 is 37.4 Å². The Kier molecular flexibility index (Phi) is 5.12. The summed E-state index contributed by atoms with van der Waals surface area (Å²) in [6.45, 7) is 3.99. The second kappa shape index (κ2) is 8.19. The molecule has 0 radical (unpaired) electrons. The lowest BCUT2D eigenvalue weighted by atomic mass is 10.1. The first-order valence-electron chi connectivity index (χ1n) is 10.8. The molecule has 0 aliphatic carbocycles. The molecule has 0 N–H and O–H groups in total. The summed E-state index contributed by atoms with van der Waals surface area (Å²) in [6, 6.07) is 14.6. The molecule has 0 spiro atoms. The minimum atomic E-state index is -3.57. The summed E-state index contributed by atoms with van der Waals surface area (Å²) >= 11 is 1.50. The molecule has 0 bridgehead atoms. The van der Waals surface area contributed by atoms with Gasteiger partial charge in [0.2, 0.25) is 16.8 Å². The number of piperazine rings is 1. The first-order valence-corrected chi connectivity index (χ1v) is 13.1. The SMILES string of the molecule is Cc1nc2ccc(S(=O)(=O)N3CCN(c4ccc(-c5ccc6c(c5)OCO6)nn4)CC3)cc2s1. The molecular weight excluding hydrogens is 474 g/mol. The van der Waals surface area contributed by atoms with E-state index in [1.807, 2.05) is 37.3 Å². The van der Waals surface area contributed by atoms with E-state index < -0.39 is 10.0 Å². The Labute approximate surface area is 200 Å². The van der Waals surface area contributed by atoms with Crippen molar-refractivity contribution in [2.45, 2.75) is 11.8 Å². The van der Waals surface area contributed by atoms with Crippen LogP contribution in [0.25, 0.3) is 21.5 Å². The number of fused-ring (bicyclic) bond motifs is 2. The van der Waals surface area contributed by atoms with Gasteiger partial charge in [-0.25, -0.2) is 13.4 Å². The molecule has 11 heteroatoms. The van der Waals surface area contributed by atoms with Crippen LogP contribution in [0.3, 0.4) is 0 Å². The standard InChI is InChI=1S/C23H21N5O4S2/c1-15-24-19-4-3-17(13-22(19)33-15)34(29,30)28-10-8-27(9-11-28)23-7-5-18(25-26-23)16-2-6-20-21(12-16)32-14-31-20/h2-7,12-13H,8-11,14H2,1H3. The predicted molar refractivity (Wildman–Crippen MR) is 129 cm³/mol. The van der Waals surface area contributed by atoms with Gasteiger partial charge >= 0.3 is 0 Å². The normalized spacial score (nSPS) is 16.3. The van der Waals surface area contributed by atoms with Crippen LogP contribution in [0.5, 0.6) is 11.5 Å². The van der Waals surface area contributed by atoms with Crippen LogP contribution in [0.2, 0.25) is 0 Å². The highest BCUT2D eigenvalue weighted by Gasteiger charge is 2.29. The molecule has 0 unspecified atom stereocenters. The average molecular weight is 496 g/mol. The van der Waals surface area contributed by atoms with Gasteiger partial charge in [0, 0.05) is 31.7 Å². The fourth-order valence-electron chi connectivity index (χ4n) is 4.19. The van der Waals surface area contributed by atoms with E-state index in [9.17, 15) is 8.42 Å². The van der Waals surface area contributed by atoms with Crippen molar-refractivity contribution in [2.24, 2.45) is 0 Å². The Morgan fingerprint density at radius 2 is 1.74 bits per heavy atom. The van der Waals surface area contributed by atoms with Crippen LogP contribution in [-0.4, -0.2) is 60.9 Å². The molecule has 0 atom stereocenters. The second-order valence-corrected chi connectivity index (χ2v) is 11.3. The summed E-state index contributed by atoms with van der Waals surface area (Å²) in [4.78, 5) is 6.78. The average Bonchev–Trinajstić information content (AvgIpc) is 3.48. The number of hydrogen-bond acceptors (Lipinski definition) is 9. The van der Waals surface area contributed by atoms with E-state index in [-0.39, 0.29) is 6.79 Å². The van der Waals surface area contributed by atoms with Crippen molar-refractivity contribution in [3.05, 3.63) is 53.5 Å². The van der Waals surface area contributed by atoms with Crippen molar-refractivity contribution in [2.75, 3.05) is 37.9 Å². The first kappa shape index (κ1) is 21.3. The second-order valence-electron chi connectivity index (χ2n) is 8.10. The Morgan fingerprint density at radius 1 is 0.912 bits per heavy atom. The number of sulfonamides is 1. The molecule has 9 nitrogen and oxygen atoms in total. The zero-order chi connectivity index (χ0) is 23.3. The summed E-state index contributed by atoms with van der Waals surface area (Å²) in [5.41, 5.74) is 2.46. The van der Waals surface area contributed by atoms with Gasteiger partial charge < -0.3 is 14.4 Å². The van der Waals surface area contributed by atoms with Crippen LogP contribution in [0.15, 0.2) is 53.4 Å². The third kappa shape index (κ3) is 3.75. The van der Waals surface area contributed by atoms with E-state index in [0.29, 0.717) is 36.8 Å². The van der Waals surface area contributed by atoms with E-state index in [1.165, 1.54) is 15.6 Å². The molecule has 4 heterocycles. The van der Waals surface area contributed by atoms with E-state index in [1.54, 1.807) is 18.2 Å². The number of aromatic nitrogens is 3. The van der Waals surface area contributed by atoms with E-state index in [0.717, 1.165) is 38.0 Å². The number of rotatable bonds is 4. The molecule has 4 aromatic rings. The fourth-order valence-corrected chi connectivity index (χ4v) is 6.58. The van der Waals surface area contributed by atoms with Gasteiger partial charge in [-0.15, -0.1) is 21.5 Å². The lowest BCUT2D eigenvalue weighted by Crippen LogP contribution is -2.48. The molecule has 2 aromatic heterocycles. The number of hydrogen-bond donors (Lipinski definition) is 0. The van der Waals surface area contributed by atoms with E-state index in [2.05, 4.69) is 20.1 Å². The number of benzene rings is 2. The van der Waals surface area contributed by atoms with Crippen LogP contribution in [0.1, 0.15) is 5.01 Å². The highest BCUT2D eigenvalue weighted by molar-refractivity contribution is 7.89. The van der Waals surface area contributed by atoms with Gasteiger partial charge in [-0.3, -0.25) is 0 Å². The summed E-state index contributed by atoms with van der Waals surface area (Å²) in [6.07, 6.45) is 0. The molecule has 2 aliphatic rings. The summed E-state index contributed by atoms with van der Waals surface area (Å²) < 4.78 is 39.6. The molecule has 1 saturated heterocycles. The monoisotopic (exact) mass is 495 g/mol. The molecule has 1 fully saturated rings. The van der Waals surface area contributed by atoms with Crippen molar-refractivity contribution in [3.63, 3.8) is 0 Å². The molecule has 0 amide bonds. The molecule has 2 aromatic carbocycles. The van der Waals surface area contributed by atoms with Gasteiger partial charge in [-0.1, -0.05) is 0 Å². The number of thiazole rings is 1. The molecule has 0 saturated carbocycles. The summed E-state index contributed by atoms with van der Waals surface area (Å²) in [5, 5.41) is 9.68. The number of ether oxygens (including phenoxy) is 2. The molecule has 174 valence electrons. The maximum atomic E-state index is 13.2. The highest BCUT2D eigenvalue weighted by Crippen LogP contribution is 2.35. The Balaban J connectivity index is 1.15. The van der Waals surface area contributed by atoms with Crippen LogP contribution in [-0.2, 0) is 10.0 Å². The minimum Gasteiger partial charge on any atom is -0.454 e. The third-order valence-electron chi connectivity index (χ3n) is 5.99. The first-order chi connectivity index (χ1) is 16.5. The summed E-state index contributed by atoms with van der Waals surface area (Å²) in [7, 11) is -3.57. The molecule has 6 rings (SSSR count). The molecule has 2 aliphatic heterocycles. The third-order valence-corrected chi connectivity index (χ3v) is 8.81. The van der Waals surface area contributed by atoms with Gasteiger partial charge in [-0.05, 0) is 55.5 Å². The number of anilines is 1. The Hall–Kier alpha value is -3.28. The lowest BCUT2D eigenvalue weighted by molar-refractivity contribution is 0.174. The van der Waals surface area contributed by atoms with Crippen molar-refractivity contribution < 1.29 is 17.9 Å². The topological polar surface area (TPSA) is 97.8 Å². The minimum absolute atomic E-state index is 0.227. The zero-order valence-corrected chi connectivity index (χ0v) is 20.0. The van der Waals surface area contributed by atoms with Crippen LogP contribution >= 0.6 is 11.3 Å². The van der Waals surface area contributed by atoms with E-state index >= 15 is 0 Å². The number of aryl methyl sites for hydroxylation is 1. The summed E-state index contributed by atoms with van der Waals surface area (Å²) in [5.74, 6) is 2.15. The van der Waals surface area contributed by atoms with Gasteiger partial charge in [0.05, 0.1) is 25.8 Å². The quantitative estimate of drug-likeness (QED) is 0.425. The van der Waals surface area contributed by atoms with Crippen LogP contribution in [0.4, 0.5) is 5.82 Å². The maximum Gasteiger partial charge on any atom is 0.243 e. The zero-order valence-electron chi connectivity index (χ0n) is 18.3. The van der Waals surface area contributed by atoms with Crippen LogP contribution in [0, 0.1) is 6.92 Å². The highest BCUT2D eigenvalue weighted by atomic mass is 32.2. The van der Waals surface area contributed by atoms with Crippen LogP contribution < -0.4 is 14.4 Å². The van der Waals surface area contributed by atoms with Crippen molar-refractivity contribution in [1.29, 1.82) is 0 Å². The van der Waals surface area contributed by atoms with Crippen molar-refractivity contribution in [1.82, 2.24) is 19.5 Å². The largest absolute Gasteiger partial charge is 0.454 e. The maximum absolute atomic E-state index is 13.2. The van der Waals surface area contributed by atoms with Gasteiger partial charge in [0.1, 0.15) is 0 Å². The van der Waals surface area contributed by atoms with Crippen molar-refractivity contribution in [3.8, 4) is 22.8 Å². The predicted octanol–water partition coefficient (Wildman–Crippen LogP) is 3.30.